The number of hydrogen-bond acceptors (Lipinski definition) is 3. The quantitative estimate of drug-likeness (QED) is 0.649. The molecule has 0 saturated heterocycles. The first-order valence-electron chi connectivity index (χ1n) is 5.29. The van der Waals surface area contributed by atoms with Gasteiger partial charge in [0.15, 0.2) is 0 Å². The first kappa shape index (κ1) is 16.1. The van der Waals surface area contributed by atoms with Gasteiger partial charge in [0.1, 0.15) is 0 Å². The zero-order chi connectivity index (χ0) is 13.6. The van der Waals surface area contributed by atoms with Crippen LogP contribution in [0.5, 0.6) is 0 Å². The van der Waals surface area contributed by atoms with E-state index < -0.39 is 16.2 Å². The Kier molecular flexibility index (Phi) is 6.36. The minimum Gasteiger partial charge on any atom is -0.481 e. The molecule has 0 aromatic heterocycles. The van der Waals surface area contributed by atoms with Crippen molar-refractivity contribution in [2.24, 2.45) is 0 Å². The lowest BCUT2D eigenvalue weighted by atomic mass is 10.4. The Labute approximate surface area is 103 Å². The number of aliphatic carboxylic acids is 1. The highest BCUT2D eigenvalue weighted by molar-refractivity contribution is 7.86. The Bertz CT molecular complexity index is 365. The molecule has 100 valence electrons. The van der Waals surface area contributed by atoms with Crippen LogP contribution in [-0.4, -0.2) is 54.3 Å². The van der Waals surface area contributed by atoms with E-state index in [9.17, 15) is 13.2 Å². The van der Waals surface area contributed by atoms with Crippen LogP contribution in [0.1, 0.15) is 20.3 Å². The largest absolute Gasteiger partial charge is 0.481 e. The van der Waals surface area contributed by atoms with Gasteiger partial charge in [0.05, 0.1) is 6.42 Å². The van der Waals surface area contributed by atoms with Crippen molar-refractivity contribution in [3.63, 3.8) is 0 Å². The van der Waals surface area contributed by atoms with Gasteiger partial charge in [0, 0.05) is 26.2 Å². The highest BCUT2D eigenvalue weighted by Crippen LogP contribution is 2.11. The van der Waals surface area contributed by atoms with Crippen LogP contribution in [0.25, 0.3) is 0 Å². The SMILES string of the molecule is C=CCN(C(C)C)S(=O)(=O)N(C)CCC(=O)O. The maximum Gasteiger partial charge on any atom is 0.304 e. The molecule has 0 bridgehead atoms. The zero-order valence-electron chi connectivity index (χ0n) is 10.5. The third-order valence-corrected chi connectivity index (χ3v) is 4.35. The van der Waals surface area contributed by atoms with Crippen molar-refractivity contribution in [3.8, 4) is 0 Å². The molecule has 6 nitrogen and oxygen atoms in total. The lowest BCUT2D eigenvalue weighted by Crippen LogP contribution is -2.45. The monoisotopic (exact) mass is 264 g/mol. The van der Waals surface area contributed by atoms with Crippen LogP contribution in [0.2, 0.25) is 0 Å². The van der Waals surface area contributed by atoms with Crippen LogP contribution in [0.4, 0.5) is 0 Å². The van der Waals surface area contributed by atoms with E-state index in [-0.39, 0.29) is 25.6 Å². The second-order valence-corrected chi connectivity index (χ2v) is 5.91. The van der Waals surface area contributed by atoms with Gasteiger partial charge < -0.3 is 5.11 Å². The second-order valence-electron chi connectivity index (χ2n) is 3.93. The molecule has 0 aliphatic carbocycles. The standard InChI is InChI=1S/C10H20N2O4S/c1-5-7-12(9(2)3)17(15,16)11(4)8-6-10(13)14/h5,9H,1,6-8H2,2-4H3,(H,13,14). The third-order valence-electron chi connectivity index (χ3n) is 2.22. The Balaban J connectivity index is 4.82. The highest BCUT2D eigenvalue weighted by atomic mass is 32.2. The molecule has 0 rings (SSSR count). The predicted octanol–water partition coefficient (Wildman–Crippen LogP) is 0.534. The molecular formula is C10H20N2O4S. The number of nitrogens with zero attached hydrogens (tertiary/aromatic N) is 2. The van der Waals surface area contributed by atoms with E-state index >= 15 is 0 Å². The van der Waals surface area contributed by atoms with Gasteiger partial charge in [-0.25, -0.2) is 0 Å². The van der Waals surface area contributed by atoms with Crippen LogP contribution in [-0.2, 0) is 15.0 Å². The Hall–Kier alpha value is -0.920. The topological polar surface area (TPSA) is 77.9 Å². The number of carboxylic acid groups (broad SMARTS) is 1. The summed E-state index contributed by atoms with van der Waals surface area (Å²) in [6.45, 7) is 7.19. The van der Waals surface area contributed by atoms with Crippen LogP contribution in [0, 0.1) is 0 Å². The molecule has 0 aliphatic rings. The van der Waals surface area contributed by atoms with E-state index in [0.717, 1.165) is 4.31 Å². The van der Waals surface area contributed by atoms with Gasteiger partial charge in [-0.3, -0.25) is 4.79 Å². The lowest BCUT2D eigenvalue weighted by Gasteiger charge is -2.29. The van der Waals surface area contributed by atoms with Gasteiger partial charge in [0.2, 0.25) is 0 Å². The summed E-state index contributed by atoms with van der Waals surface area (Å²) in [4.78, 5) is 10.4. The molecule has 0 heterocycles. The maximum atomic E-state index is 12.1. The van der Waals surface area contributed by atoms with Gasteiger partial charge in [-0.1, -0.05) is 6.08 Å². The van der Waals surface area contributed by atoms with Crippen LogP contribution in [0.15, 0.2) is 12.7 Å². The molecule has 1 N–H and O–H groups in total. The van der Waals surface area contributed by atoms with Crippen LogP contribution in [0.3, 0.4) is 0 Å². The summed E-state index contributed by atoms with van der Waals surface area (Å²) in [5, 5.41) is 8.53. The minimum atomic E-state index is -3.63. The number of carbonyl (C=O) groups is 1. The minimum absolute atomic E-state index is 0.0436. The molecule has 0 atom stereocenters. The second kappa shape index (κ2) is 6.73. The highest BCUT2D eigenvalue weighted by Gasteiger charge is 2.28. The maximum absolute atomic E-state index is 12.1. The van der Waals surface area contributed by atoms with Crippen molar-refractivity contribution in [1.29, 1.82) is 0 Å². The summed E-state index contributed by atoms with van der Waals surface area (Å²) in [6.07, 6.45) is 1.29. The molecule has 7 heteroatoms. The molecular weight excluding hydrogens is 244 g/mol. The van der Waals surface area contributed by atoms with Gasteiger partial charge in [-0.05, 0) is 13.8 Å². The van der Waals surface area contributed by atoms with Gasteiger partial charge >= 0.3 is 5.97 Å². The van der Waals surface area contributed by atoms with E-state index in [0.29, 0.717) is 0 Å². The van der Waals surface area contributed by atoms with E-state index in [1.807, 2.05) is 0 Å². The fourth-order valence-electron chi connectivity index (χ4n) is 1.25. The van der Waals surface area contributed by atoms with Gasteiger partial charge in [0.25, 0.3) is 10.2 Å². The van der Waals surface area contributed by atoms with Crippen LogP contribution >= 0.6 is 0 Å². The molecule has 0 aromatic rings. The Morgan fingerprint density at radius 2 is 2.00 bits per heavy atom. The predicted molar refractivity (Wildman–Crippen MR) is 65.8 cm³/mol. The van der Waals surface area contributed by atoms with Crippen molar-refractivity contribution in [3.05, 3.63) is 12.7 Å². The molecule has 0 amide bonds. The van der Waals surface area contributed by atoms with E-state index in [1.165, 1.54) is 17.4 Å². The van der Waals surface area contributed by atoms with Crippen LogP contribution < -0.4 is 0 Å². The van der Waals surface area contributed by atoms with Crippen molar-refractivity contribution in [2.45, 2.75) is 26.3 Å². The smallest absolute Gasteiger partial charge is 0.304 e. The summed E-state index contributed by atoms with van der Waals surface area (Å²) in [7, 11) is -2.25. The average molecular weight is 264 g/mol. The van der Waals surface area contributed by atoms with E-state index in [2.05, 4.69) is 6.58 Å². The summed E-state index contributed by atoms with van der Waals surface area (Å²) in [6, 6.07) is -0.203. The molecule has 0 unspecified atom stereocenters. The molecule has 0 fully saturated rings. The van der Waals surface area contributed by atoms with Crippen molar-refractivity contribution in [1.82, 2.24) is 8.61 Å². The normalized spacial score (nSPS) is 12.4. The Morgan fingerprint density at radius 3 is 2.35 bits per heavy atom. The fraction of sp³-hybridized carbons (Fsp3) is 0.700. The summed E-state index contributed by atoms with van der Waals surface area (Å²) in [5.74, 6) is -1.02. The molecule has 0 spiro atoms. The summed E-state index contributed by atoms with van der Waals surface area (Å²) >= 11 is 0. The molecule has 0 aliphatic heterocycles. The van der Waals surface area contributed by atoms with E-state index in [4.69, 9.17) is 5.11 Å². The summed E-state index contributed by atoms with van der Waals surface area (Å²) < 4.78 is 26.5. The fourth-order valence-corrected chi connectivity index (χ4v) is 2.75. The van der Waals surface area contributed by atoms with Gasteiger partial charge in [-0.15, -0.1) is 6.58 Å². The van der Waals surface area contributed by atoms with Crippen molar-refractivity contribution in [2.75, 3.05) is 20.1 Å². The molecule has 0 radical (unpaired) electrons. The number of rotatable bonds is 8. The first-order chi connectivity index (χ1) is 7.73. The number of hydrogen-bond donors (Lipinski definition) is 1. The molecule has 0 saturated carbocycles. The first-order valence-corrected chi connectivity index (χ1v) is 6.69. The van der Waals surface area contributed by atoms with Crippen molar-refractivity contribution >= 4 is 16.2 Å². The van der Waals surface area contributed by atoms with Gasteiger partial charge in [-0.2, -0.15) is 17.0 Å². The molecule has 0 aromatic carbocycles. The average Bonchev–Trinajstić information content (AvgIpc) is 2.21. The summed E-state index contributed by atoms with van der Waals surface area (Å²) in [5.41, 5.74) is 0. The number of carboxylic acids is 1. The Morgan fingerprint density at radius 1 is 1.47 bits per heavy atom. The third kappa shape index (κ3) is 4.84. The molecule has 17 heavy (non-hydrogen) atoms. The van der Waals surface area contributed by atoms with Crippen molar-refractivity contribution < 1.29 is 18.3 Å². The lowest BCUT2D eigenvalue weighted by molar-refractivity contribution is -0.137. The van der Waals surface area contributed by atoms with E-state index in [1.54, 1.807) is 13.8 Å². The zero-order valence-corrected chi connectivity index (χ0v) is 11.3.